The fraction of sp³-hybridized carbons (Fsp3) is 0. The summed E-state index contributed by atoms with van der Waals surface area (Å²) in [5, 5.41) is 14.3. The highest BCUT2D eigenvalue weighted by Gasteiger charge is 2.17. The van der Waals surface area contributed by atoms with Crippen molar-refractivity contribution in [1.82, 2.24) is 4.98 Å². The summed E-state index contributed by atoms with van der Waals surface area (Å²) in [6.07, 6.45) is 1.25. The van der Waals surface area contributed by atoms with E-state index in [1.165, 1.54) is 30.5 Å². The molecule has 0 aliphatic heterocycles. The van der Waals surface area contributed by atoms with Crippen molar-refractivity contribution in [2.24, 2.45) is 0 Å². The molecule has 0 saturated carbocycles. The Labute approximate surface area is 161 Å². The number of nitrogens with zero attached hydrogens (tertiary/aromatic N) is 2. The lowest BCUT2D eigenvalue weighted by atomic mass is 10.2. The van der Waals surface area contributed by atoms with Gasteiger partial charge in [-0.2, -0.15) is 4.73 Å². The molecule has 6 nitrogen and oxygen atoms in total. The molecule has 0 bridgehead atoms. The Bertz CT molecular complexity index is 1180. The number of pyridine rings is 1. The lowest BCUT2D eigenvalue weighted by molar-refractivity contribution is -0.607. The summed E-state index contributed by atoms with van der Waals surface area (Å²) in [7, 11) is 0. The Morgan fingerprint density at radius 2 is 2.04 bits per heavy atom. The summed E-state index contributed by atoms with van der Waals surface area (Å²) < 4.78 is 20.3. The molecule has 4 aromatic rings. The molecule has 0 unspecified atom stereocenters. The van der Waals surface area contributed by atoms with Gasteiger partial charge in [-0.1, -0.05) is 0 Å². The Hall–Kier alpha value is -3.26. The van der Waals surface area contributed by atoms with Gasteiger partial charge in [-0.05, 0) is 58.4 Å². The molecule has 1 amide bonds. The van der Waals surface area contributed by atoms with Gasteiger partial charge in [-0.15, -0.1) is 0 Å². The van der Waals surface area contributed by atoms with Crippen LogP contribution < -0.4 is 10.0 Å². The zero-order valence-electron chi connectivity index (χ0n) is 13.6. The first-order valence-corrected chi connectivity index (χ1v) is 8.66. The number of rotatable bonds is 3. The van der Waals surface area contributed by atoms with Gasteiger partial charge in [0.15, 0.2) is 11.8 Å². The molecule has 2 aromatic carbocycles. The zero-order chi connectivity index (χ0) is 19.0. The molecule has 134 valence electrons. The highest BCUT2D eigenvalue weighted by Crippen LogP contribution is 2.31. The molecule has 0 aliphatic carbocycles. The quantitative estimate of drug-likeness (QED) is 0.390. The van der Waals surface area contributed by atoms with Gasteiger partial charge in [0.2, 0.25) is 5.89 Å². The number of hydrogen-bond acceptors (Lipinski definition) is 4. The van der Waals surface area contributed by atoms with Crippen molar-refractivity contribution in [2.45, 2.75) is 0 Å². The highest BCUT2D eigenvalue weighted by molar-refractivity contribution is 9.10. The lowest BCUT2D eigenvalue weighted by Crippen LogP contribution is -2.36. The van der Waals surface area contributed by atoms with Gasteiger partial charge in [0.1, 0.15) is 11.3 Å². The number of oxazole rings is 1. The number of benzene rings is 2. The number of halogens is 2. The molecule has 27 heavy (non-hydrogen) atoms. The van der Waals surface area contributed by atoms with E-state index in [1.54, 1.807) is 30.3 Å². The van der Waals surface area contributed by atoms with E-state index in [1.807, 2.05) is 0 Å². The topological polar surface area (TPSA) is 82.1 Å². The molecular formula is C19H11BrFN3O3. The molecule has 8 heteroatoms. The number of fused-ring (bicyclic) bond motifs is 1. The zero-order valence-corrected chi connectivity index (χ0v) is 15.2. The van der Waals surface area contributed by atoms with Crippen molar-refractivity contribution < 1.29 is 18.3 Å². The predicted octanol–water partition coefficient (Wildman–Crippen LogP) is 4.28. The number of amides is 1. The minimum absolute atomic E-state index is 0.0258. The number of anilines is 1. The van der Waals surface area contributed by atoms with Crippen molar-refractivity contribution in [2.75, 3.05) is 5.32 Å². The van der Waals surface area contributed by atoms with E-state index in [4.69, 9.17) is 4.42 Å². The van der Waals surface area contributed by atoms with Crippen molar-refractivity contribution in [1.29, 1.82) is 0 Å². The second-order valence-corrected chi connectivity index (χ2v) is 6.55. The van der Waals surface area contributed by atoms with Crippen LogP contribution in [0.5, 0.6) is 0 Å². The van der Waals surface area contributed by atoms with Crippen molar-refractivity contribution in [3.05, 3.63) is 82.0 Å². The van der Waals surface area contributed by atoms with E-state index in [0.29, 0.717) is 31.6 Å². The molecule has 2 heterocycles. The Kier molecular flexibility index (Phi) is 4.33. The molecule has 0 spiro atoms. The summed E-state index contributed by atoms with van der Waals surface area (Å²) in [5.74, 6) is -0.695. The van der Waals surface area contributed by atoms with Gasteiger partial charge >= 0.3 is 5.91 Å². The van der Waals surface area contributed by atoms with E-state index < -0.39 is 11.7 Å². The van der Waals surface area contributed by atoms with Crippen LogP contribution in [0.2, 0.25) is 0 Å². The standard InChI is InChI=1S/C19H11BrFN3O3/c20-14-6-4-11(21)9-13(14)19-23-15-10-12(5-7-17(15)27-19)22-18(25)16-3-1-2-8-24(16)26/h1-10H,(H,22,25). The fourth-order valence-corrected chi connectivity index (χ4v) is 3.00. The van der Waals surface area contributed by atoms with Crippen LogP contribution in [0.25, 0.3) is 22.6 Å². The van der Waals surface area contributed by atoms with E-state index in [9.17, 15) is 14.4 Å². The molecule has 0 fully saturated rings. The van der Waals surface area contributed by atoms with Gasteiger partial charge in [-0.25, -0.2) is 9.37 Å². The molecule has 0 aliphatic rings. The second-order valence-electron chi connectivity index (χ2n) is 5.69. The second kappa shape index (κ2) is 6.81. The van der Waals surface area contributed by atoms with Crippen molar-refractivity contribution >= 4 is 38.6 Å². The number of carbonyl (C=O) groups excluding carboxylic acids is 1. The monoisotopic (exact) mass is 427 g/mol. The average Bonchev–Trinajstić information content (AvgIpc) is 3.07. The molecule has 0 radical (unpaired) electrons. The summed E-state index contributed by atoms with van der Waals surface area (Å²) in [5.41, 5.74) is 1.88. The number of carbonyl (C=O) groups is 1. The third-order valence-electron chi connectivity index (χ3n) is 3.86. The average molecular weight is 428 g/mol. The Morgan fingerprint density at radius 1 is 1.19 bits per heavy atom. The Balaban J connectivity index is 1.66. The number of aromatic nitrogens is 2. The van der Waals surface area contributed by atoms with Gasteiger partial charge in [-0.3, -0.25) is 4.79 Å². The maximum absolute atomic E-state index is 13.5. The molecule has 2 aromatic heterocycles. The smallest absolute Gasteiger partial charge is 0.321 e. The number of nitrogens with one attached hydrogen (secondary N) is 1. The van der Waals surface area contributed by atoms with Gasteiger partial charge in [0, 0.05) is 22.3 Å². The summed E-state index contributed by atoms with van der Waals surface area (Å²) in [6, 6.07) is 13.7. The molecule has 0 atom stereocenters. The highest BCUT2D eigenvalue weighted by atomic mass is 79.9. The van der Waals surface area contributed by atoms with Crippen LogP contribution in [0.15, 0.2) is 69.7 Å². The van der Waals surface area contributed by atoms with E-state index in [-0.39, 0.29) is 11.6 Å². The Morgan fingerprint density at radius 3 is 2.85 bits per heavy atom. The normalized spacial score (nSPS) is 10.9. The minimum Gasteiger partial charge on any atom is -0.618 e. The summed E-state index contributed by atoms with van der Waals surface area (Å²) in [6.45, 7) is 0. The van der Waals surface area contributed by atoms with E-state index >= 15 is 0 Å². The van der Waals surface area contributed by atoms with Gasteiger partial charge < -0.3 is 14.9 Å². The van der Waals surface area contributed by atoms with Crippen LogP contribution in [-0.4, -0.2) is 10.9 Å². The predicted molar refractivity (Wildman–Crippen MR) is 100 cm³/mol. The van der Waals surface area contributed by atoms with Gasteiger partial charge in [0.05, 0.1) is 5.56 Å². The van der Waals surface area contributed by atoms with Crippen molar-refractivity contribution in [3.63, 3.8) is 0 Å². The third-order valence-corrected chi connectivity index (χ3v) is 4.55. The summed E-state index contributed by atoms with van der Waals surface area (Å²) in [4.78, 5) is 16.6. The van der Waals surface area contributed by atoms with Crippen LogP contribution >= 0.6 is 15.9 Å². The maximum Gasteiger partial charge on any atom is 0.321 e. The first kappa shape index (κ1) is 17.2. The molecule has 4 rings (SSSR count). The first-order valence-electron chi connectivity index (χ1n) is 7.87. The summed E-state index contributed by atoms with van der Waals surface area (Å²) >= 11 is 3.35. The minimum atomic E-state index is -0.540. The van der Waals surface area contributed by atoms with Crippen LogP contribution in [-0.2, 0) is 0 Å². The largest absolute Gasteiger partial charge is 0.618 e. The van der Waals surface area contributed by atoms with Crippen LogP contribution in [0, 0.1) is 11.0 Å². The molecule has 0 saturated heterocycles. The molecular weight excluding hydrogens is 417 g/mol. The van der Waals surface area contributed by atoms with Gasteiger partial charge in [0.25, 0.3) is 5.69 Å². The number of hydrogen-bond donors (Lipinski definition) is 1. The third kappa shape index (κ3) is 3.39. The lowest BCUT2D eigenvalue weighted by Gasteiger charge is -2.05. The SMILES string of the molecule is O=C(Nc1ccc2oc(-c3cc(F)ccc3Br)nc2c1)c1cccc[n+]1[O-]. The van der Waals surface area contributed by atoms with E-state index in [0.717, 1.165) is 0 Å². The van der Waals surface area contributed by atoms with E-state index in [2.05, 4.69) is 26.2 Å². The van der Waals surface area contributed by atoms with Crippen molar-refractivity contribution in [3.8, 4) is 11.5 Å². The first-order chi connectivity index (χ1) is 13.0. The van der Waals surface area contributed by atoms with Crippen LogP contribution in [0.4, 0.5) is 10.1 Å². The molecule has 1 N–H and O–H groups in total. The van der Waals surface area contributed by atoms with Crippen LogP contribution in [0.1, 0.15) is 10.5 Å². The maximum atomic E-state index is 13.5. The fourth-order valence-electron chi connectivity index (χ4n) is 2.58. The van der Waals surface area contributed by atoms with Crippen LogP contribution in [0.3, 0.4) is 0 Å².